The van der Waals surface area contributed by atoms with Crippen molar-refractivity contribution in [3.63, 3.8) is 0 Å². The zero-order valence-corrected chi connectivity index (χ0v) is 11.1. The highest BCUT2D eigenvalue weighted by atomic mass is 16.5. The molecule has 4 nitrogen and oxygen atoms in total. The molecule has 0 heterocycles. The Morgan fingerprint density at radius 3 is 2.31 bits per heavy atom. The first kappa shape index (κ1) is 15.3. The number of methoxy groups -OCH3 is 1. The molecule has 0 atom stereocenters. The summed E-state index contributed by atoms with van der Waals surface area (Å²) < 4.78 is 10.3. The molecule has 0 amide bonds. The zero-order chi connectivity index (χ0) is 12.2. The molecular weight excluding hydrogens is 204 g/mol. The average molecular weight is 230 g/mol. The van der Waals surface area contributed by atoms with Gasteiger partial charge in [0.2, 0.25) is 0 Å². The van der Waals surface area contributed by atoms with Crippen molar-refractivity contribution in [2.45, 2.75) is 12.8 Å². The summed E-state index contributed by atoms with van der Waals surface area (Å²) in [5.41, 5.74) is 0. The van der Waals surface area contributed by atoms with Gasteiger partial charge in [-0.25, -0.2) is 0 Å². The van der Waals surface area contributed by atoms with E-state index in [4.69, 9.17) is 9.47 Å². The molecular formula is C12H26N2O2. The maximum atomic E-state index is 5.38. The van der Waals surface area contributed by atoms with Crippen LogP contribution < -0.4 is 0 Å². The predicted octanol–water partition coefficient (Wildman–Crippen LogP) is 1.39. The van der Waals surface area contributed by atoms with Crippen molar-refractivity contribution in [1.29, 1.82) is 0 Å². The van der Waals surface area contributed by atoms with Crippen LogP contribution in [-0.2, 0) is 9.47 Å². The SMILES string of the molecule is COCCOCCCCN(C)/C=C\N(C)C. The monoisotopic (exact) mass is 230 g/mol. The van der Waals surface area contributed by atoms with Gasteiger partial charge in [0, 0.05) is 53.8 Å². The lowest BCUT2D eigenvalue weighted by atomic mass is 10.3. The van der Waals surface area contributed by atoms with Gasteiger partial charge in [-0.3, -0.25) is 0 Å². The van der Waals surface area contributed by atoms with Gasteiger partial charge in [-0.1, -0.05) is 0 Å². The summed E-state index contributed by atoms with van der Waals surface area (Å²) in [4.78, 5) is 4.22. The minimum absolute atomic E-state index is 0.686. The lowest BCUT2D eigenvalue weighted by Gasteiger charge is -2.15. The summed E-state index contributed by atoms with van der Waals surface area (Å²) in [7, 11) is 7.82. The number of hydrogen-bond donors (Lipinski definition) is 0. The van der Waals surface area contributed by atoms with E-state index in [-0.39, 0.29) is 0 Å². The Morgan fingerprint density at radius 2 is 1.69 bits per heavy atom. The Labute approximate surface area is 99.8 Å². The van der Waals surface area contributed by atoms with Crippen LogP contribution in [0.4, 0.5) is 0 Å². The number of unbranched alkanes of at least 4 members (excludes halogenated alkanes) is 1. The molecule has 0 bridgehead atoms. The average Bonchev–Trinajstić information content (AvgIpc) is 2.25. The molecule has 0 saturated carbocycles. The van der Waals surface area contributed by atoms with Crippen LogP contribution in [0.1, 0.15) is 12.8 Å². The second-order valence-electron chi connectivity index (χ2n) is 4.05. The molecule has 0 unspecified atom stereocenters. The van der Waals surface area contributed by atoms with Crippen LogP contribution in [0.2, 0.25) is 0 Å². The van der Waals surface area contributed by atoms with Crippen LogP contribution in [0.3, 0.4) is 0 Å². The highest BCUT2D eigenvalue weighted by molar-refractivity contribution is 4.77. The van der Waals surface area contributed by atoms with Crippen molar-refractivity contribution in [2.24, 2.45) is 0 Å². The van der Waals surface area contributed by atoms with Gasteiger partial charge in [0.05, 0.1) is 13.2 Å². The first-order valence-electron chi connectivity index (χ1n) is 5.78. The van der Waals surface area contributed by atoms with Gasteiger partial charge in [-0.15, -0.1) is 0 Å². The smallest absolute Gasteiger partial charge is 0.0700 e. The summed E-state index contributed by atoms with van der Waals surface area (Å²) in [5.74, 6) is 0. The van der Waals surface area contributed by atoms with Crippen LogP contribution in [0.15, 0.2) is 12.4 Å². The molecule has 96 valence electrons. The normalized spacial score (nSPS) is 11.0. The minimum Gasteiger partial charge on any atom is -0.382 e. The fourth-order valence-corrected chi connectivity index (χ4v) is 1.13. The van der Waals surface area contributed by atoms with Gasteiger partial charge in [0.1, 0.15) is 0 Å². The van der Waals surface area contributed by atoms with Gasteiger partial charge in [0.25, 0.3) is 0 Å². The van der Waals surface area contributed by atoms with Crippen molar-refractivity contribution in [2.75, 3.05) is 54.6 Å². The number of ether oxygens (including phenoxy) is 2. The van der Waals surface area contributed by atoms with E-state index < -0.39 is 0 Å². The van der Waals surface area contributed by atoms with Gasteiger partial charge >= 0.3 is 0 Å². The standard InChI is InChI=1S/C12H26N2O2/c1-13(2)8-9-14(3)7-5-6-10-16-12-11-15-4/h8-9H,5-7,10-12H2,1-4H3/b9-8-. The van der Waals surface area contributed by atoms with Crippen molar-refractivity contribution < 1.29 is 9.47 Å². The van der Waals surface area contributed by atoms with Crippen molar-refractivity contribution in [3.05, 3.63) is 12.4 Å². The molecule has 0 rings (SSSR count). The Balaban J connectivity index is 3.24. The molecule has 0 aromatic heterocycles. The van der Waals surface area contributed by atoms with Crippen LogP contribution in [0, 0.1) is 0 Å². The second-order valence-corrected chi connectivity index (χ2v) is 4.05. The van der Waals surface area contributed by atoms with Gasteiger partial charge < -0.3 is 19.3 Å². The topological polar surface area (TPSA) is 24.9 Å². The van der Waals surface area contributed by atoms with E-state index in [1.807, 2.05) is 19.0 Å². The fraction of sp³-hybridized carbons (Fsp3) is 0.833. The summed E-state index contributed by atoms with van der Waals surface area (Å²) in [6.07, 6.45) is 6.39. The second kappa shape index (κ2) is 10.8. The molecule has 0 fully saturated rings. The Kier molecular flexibility index (Phi) is 10.3. The molecule has 0 aliphatic rings. The van der Waals surface area contributed by atoms with Crippen molar-refractivity contribution in [3.8, 4) is 0 Å². The lowest BCUT2D eigenvalue weighted by Crippen LogP contribution is -2.14. The van der Waals surface area contributed by atoms with Crippen molar-refractivity contribution in [1.82, 2.24) is 9.80 Å². The molecule has 0 N–H and O–H groups in total. The highest BCUT2D eigenvalue weighted by Gasteiger charge is 1.93. The first-order chi connectivity index (χ1) is 7.66. The van der Waals surface area contributed by atoms with Crippen molar-refractivity contribution >= 4 is 0 Å². The van der Waals surface area contributed by atoms with Crippen LogP contribution in [0.25, 0.3) is 0 Å². The van der Waals surface area contributed by atoms with Crippen LogP contribution >= 0.6 is 0 Å². The third-order valence-corrected chi connectivity index (χ3v) is 2.10. The summed E-state index contributed by atoms with van der Waals surface area (Å²) >= 11 is 0. The molecule has 0 aromatic rings. The minimum atomic E-state index is 0.686. The summed E-state index contributed by atoms with van der Waals surface area (Å²) in [6, 6.07) is 0. The molecule has 0 aromatic carbocycles. The molecule has 0 saturated heterocycles. The molecule has 0 spiro atoms. The van der Waals surface area contributed by atoms with E-state index >= 15 is 0 Å². The Hall–Kier alpha value is -0.740. The third-order valence-electron chi connectivity index (χ3n) is 2.10. The van der Waals surface area contributed by atoms with Crippen LogP contribution in [-0.4, -0.2) is 64.4 Å². The van der Waals surface area contributed by atoms with Gasteiger partial charge in [-0.05, 0) is 12.8 Å². The summed E-state index contributed by atoms with van der Waals surface area (Å²) in [5, 5.41) is 0. The molecule has 0 aliphatic heterocycles. The van der Waals surface area contributed by atoms with E-state index in [2.05, 4.69) is 24.3 Å². The van der Waals surface area contributed by atoms with E-state index in [0.29, 0.717) is 13.2 Å². The zero-order valence-electron chi connectivity index (χ0n) is 11.1. The molecule has 4 heteroatoms. The van der Waals surface area contributed by atoms with E-state index in [0.717, 1.165) is 26.0 Å². The first-order valence-corrected chi connectivity index (χ1v) is 5.78. The molecule has 0 aliphatic carbocycles. The van der Waals surface area contributed by atoms with E-state index in [9.17, 15) is 0 Å². The summed E-state index contributed by atoms with van der Waals surface area (Å²) in [6.45, 7) is 3.28. The maximum absolute atomic E-state index is 5.38. The number of hydrogen-bond acceptors (Lipinski definition) is 4. The maximum Gasteiger partial charge on any atom is 0.0700 e. The number of rotatable bonds is 10. The predicted molar refractivity (Wildman–Crippen MR) is 67.4 cm³/mol. The molecule has 0 radical (unpaired) electrons. The van der Waals surface area contributed by atoms with Gasteiger partial charge in [-0.2, -0.15) is 0 Å². The molecule has 16 heavy (non-hydrogen) atoms. The van der Waals surface area contributed by atoms with E-state index in [1.165, 1.54) is 0 Å². The largest absolute Gasteiger partial charge is 0.382 e. The lowest BCUT2D eigenvalue weighted by molar-refractivity contribution is 0.0683. The van der Waals surface area contributed by atoms with Crippen LogP contribution in [0.5, 0.6) is 0 Å². The Bertz CT molecular complexity index is 172. The number of nitrogens with zero attached hydrogens (tertiary/aromatic N) is 2. The highest BCUT2D eigenvalue weighted by Crippen LogP contribution is 1.95. The quantitative estimate of drug-likeness (QED) is 0.530. The van der Waals surface area contributed by atoms with Gasteiger partial charge in [0.15, 0.2) is 0 Å². The fourth-order valence-electron chi connectivity index (χ4n) is 1.13. The third kappa shape index (κ3) is 11.3. The Morgan fingerprint density at radius 1 is 0.938 bits per heavy atom. The van der Waals surface area contributed by atoms with E-state index in [1.54, 1.807) is 7.11 Å².